The average molecular weight is 242 g/mol. The van der Waals surface area contributed by atoms with Crippen LogP contribution in [0.15, 0.2) is 0 Å². The van der Waals surface area contributed by atoms with Crippen LogP contribution in [-0.2, 0) is 4.79 Å². The normalized spacial score (nSPS) is 16.4. The van der Waals surface area contributed by atoms with Gasteiger partial charge in [-0.25, -0.2) is 4.79 Å². The smallest absolute Gasteiger partial charge is 0.320 e. The van der Waals surface area contributed by atoms with Crippen molar-refractivity contribution < 1.29 is 14.7 Å². The summed E-state index contributed by atoms with van der Waals surface area (Å²) in [6.45, 7) is 7.01. The Morgan fingerprint density at radius 2 is 1.88 bits per heavy atom. The third-order valence-corrected chi connectivity index (χ3v) is 3.14. The summed E-state index contributed by atoms with van der Waals surface area (Å²) >= 11 is 0. The van der Waals surface area contributed by atoms with Gasteiger partial charge in [0, 0.05) is 25.7 Å². The van der Waals surface area contributed by atoms with E-state index in [1.807, 2.05) is 18.7 Å². The van der Waals surface area contributed by atoms with E-state index in [-0.39, 0.29) is 12.6 Å². The van der Waals surface area contributed by atoms with Gasteiger partial charge in [0.1, 0.15) is 0 Å². The summed E-state index contributed by atoms with van der Waals surface area (Å²) in [4.78, 5) is 26.5. The van der Waals surface area contributed by atoms with Crippen LogP contribution in [0.25, 0.3) is 0 Å². The first-order valence-electron chi connectivity index (χ1n) is 6.29. The molecule has 0 radical (unpaired) electrons. The minimum atomic E-state index is -0.856. The molecule has 1 aliphatic rings. The van der Waals surface area contributed by atoms with Gasteiger partial charge in [-0.2, -0.15) is 0 Å². The van der Waals surface area contributed by atoms with Crippen molar-refractivity contribution in [2.24, 2.45) is 5.92 Å². The Morgan fingerprint density at radius 3 is 2.24 bits per heavy atom. The molecule has 1 fully saturated rings. The topological polar surface area (TPSA) is 60.9 Å². The minimum absolute atomic E-state index is 0.0226. The second-order valence-electron chi connectivity index (χ2n) is 4.58. The highest BCUT2D eigenvalue weighted by molar-refractivity contribution is 5.76. The first kappa shape index (κ1) is 13.8. The summed E-state index contributed by atoms with van der Waals surface area (Å²) in [5.41, 5.74) is 0. The van der Waals surface area contributed by atoms with Gasteiger partial charge >= 0.3 is 12.0 Å². The lowest BCUT2D eigenvalue weighted by atomic mass is 10.2. The first-order chi connectivity index (χ1) is 8.01. The fourth-order valence-corrected chi connectivity index (χ4v) is 1.87. The highest BCUT2D eigenvalue weighted by Crippen LogP contribution is 2.27. The van der Waals surface area contributed by atoms with Crippen molar-refractivity contribution >= 4 is 12.0 Å². The van der Waals surface area contributed by atoms with Gasteiger partial charge in [-0.15, -0.1) is 0 Å². The van der Waals surface area contributed by atoms with Crippen LogP contribution in [0.3, 0.4) is 0 Å². The van der Waals surface area contributed by atoms with E-state index in [0.717, 1.165) is 12.8 Å². The van der Waals surface area contributed by atoms with Gasteiger partial charge in [-0.3, -0.25) is 4.79 Å². The summed E-state index contributed by atoms with van der Waals surface area (Å²) in [5.74, 6) is -1.37. The zero-order valence-corrected chi connectivity index (χ0v) is 10.8. The van der Waals surface area contributed by atoms with E-state index in [1.54, 1.807) is 11.8 Å². The number of rotatable bonds is 6. The number of hydrogen-bond acceptors (Lipinski definition) is 2. The van der Waals surface area contributed by atoms with E-state index >= 15 is 0 Å². The summed E-state index contributed by atoms with van der Waals surface area (Å²) in [6.07, 6.45) is 2.15. The minimum Gasteiger partial charge on any atom is -0.481 e. The molecule has 1 rings (SSSR count). The molecule has 5 nitrogen and oxygen atoms in total. The SMILES string of the molecule is CCN(CC(C)C(=O)O)C(=O)N(CC)C1CC1. The van der Waals surface area contributed by atoms with Crippen LogP contribution in [0.1, 0.15) is 33.6 Å². The lowest BCUT2D eigenvalue weighted by molar-refractivity contribution is -0.141. The van der Waals surface area contributed by atoms with Crippen molar-refractivity contribution in [2.75, 3.05) is 19.6 Å². The Balaban J connectivity index is 2.58. The third-order valence-electron chi connectivity index (χ3n) is 3.14. The highest BCUT2D eigenvalue weighted by Gasteiger charge is 2.34. The van der Waals surface area contributed by atoms with E-state index in [1.165, 1.54) is 0 Å². The lowest BCUT2D eigenvalue weighted by Crippen LogP contribution is -2.46. The zero-order chi connectivity index (χ0) is 13.0. The Morgan fingerprint density at radius 1 is 1.29 bits per heavy atom. The molecule has 0 bridgehead atoms. The van der Waals surface area contributed by atoms with Gasteiger partial charge in [-0.05, 0) is 26.7 Å². The molecule has 0 aliphatic heterocycles. The molecule has 0 aromatic heterocycles. The van der Waals surface area contributed by atoms with Gasteiger partial charge in [0.05, 0.1) is 5.92 Å². The second kappa shape index (κ2) is 5.89. The number of nitrogens with zero attached hydrogens (tertiary/aromatic N) is 2. The van der Waals surface area contributed by atoms with Crippen molar-refractivity contribution in [1.82, 2.24) is 9.80 Å². The molecule has 2 amide bonds. The summed E-state index contributed by atoms with van der Waals surface area (Å²) in [7, 11) is 0. The predicted octanol–water partition coefficient (Wildman–Crippen LogP) is 1.63. The van der Waals surface area contributed by atoms with Gasteiger partial charge in [0.2, 0.25) is 0 Å². The van der Waals surface area contributed by atoms with Gasteiger partial charge in [0.15, 0.2) is 0 Å². The molecular formula is C12H22N2O3. The first-order valence-corrected chi connectivity index (χ1v) is 6.29. The van der Waals surface area contributed by atoms with Crippen LogP contribution >= 0.6 is 0 Å². The van der Waals surface area contributed by atoms with Crippen LogP contribution in [0, 0.1) is 5.92 Å². The Hall–Kier alpha value is -1.26. The van der Waals surface area contributed by atoms with Crippen LogP contribution in [-0.4, -0.2) is 52.6 Å². The van der Waals surface area contributed by atoms with Gasteiger partial charge < -0.3 is 14.9 Å². The Labute approximate surface area is 102 Å². The molecular weight excluding hydrogens is 220 g/mol. The van der Waals surface area contributed by atoms with Crippen LogP contribution in [0.2, 0.25) is 0 Å². The number of carboxylic acid groups (broad SMARTS) is 1. The maximum Gasteiger partial charge on any atom is 0.320 e. The molecule has 0 spiro atoms. The van der Waals surface area contributed by atoms with E-state index in [0.29, 0.717) is 19.1 Å². The third kappa shape index (κ3) is 3.61. The zero-order valence-electron chi connectivity index (χ0n) is 10.8. The van der Waals surface area contributed by atoms with Crippen molar-refractivity contribution in [1.29, 1.82) is 0 Å². The molecule has 1 saturated carbocycles. The molecule has 1 unspecified atom stereocenters. The molecule has 5 heteroatoms. The number of carboxylic acids is 1. The Kier molecular flexibility index (Phi) is 4.78. The summed E-state index contributed by atoms with van der Waals surface area (Å²) < 4.78 is 0. The molecule has 17 heavy (non-hydrogen) atoms. The van der Waals surface area contributed by atoms with Crippen molar-refractivity contribution in [3.63, 3.8) is 0 Å². The summed E-state index contributed by atoms with van der Waals surface area (Å²) in [5, 5.41) is 8.87. The fraction of sp³-hybridized carbons (Fsp3) is 0.833. The standard InChI is InChI=1S/C12H22N2O3/c1-4-13(8-9(3)11(15)16)12(17)14(5-2)10-6-7-10/h9-10H,4-8H2,1-3H3,(H,15,16). The fourth-order valence-electron chi connectivity index (χ4n) is 1.87. The van der Waals surface area contributed by atoms with Crippen LogP contribution < -0.4 is 0 Å². The number of aliphatic carboxylic acids is 1. The van der Waals surface area contributed by atoms with Crippen LogP contribution in [0.5, 0.6) is 0 Å². The predicted molar refractivity (Wildman–Crippen MR) is 64.8 cm³/mol. The average Bonchev–Trinajstić information content (AvgIpc) is 3.10. The van der Waals surface area contributed by atoms with E-state index in [2.05, 4.69) is 0 Å². The highest BCUT2D eigenvalue weighted by atomic mass is 16.4. The molecule has 0 saturated heterocycles. The number of amides is 2. The maximum atomic E-state index is 12.2. The molecule has 0 aromatic rings. The van der Waals surface area contributed by atoms with E-state index in [4.69, 9.17) is 5.11 Å². The van der Waals surface area contributed by atoms with Crippen LogP contribution in [0.4, 0.5) is 4.79 Å². The lowest BCUT2D eigenvalue weighted by Gasteiger charge is -2.30. The quantitative estimate of drug-likeness (QED) is 0.770. The number of carbonyl (C=O) groups is 2. The summed E-state index contributed by atoms with van der Waals surface area (Å²) in [6, 6.07) is 0.354. The van der Waals surface area contributed by atoms with E-state index < -0.39 is 11.9 Å². The number of urea groups is 1. The largest absolute Gasteiger partial charge is 0.481 e. The molecule has 98 valence electrons. The second-order valence-corrected chi connectivity index (χ2v) is 4.58. The Bertz CT molecular complexity index is 289. The van der Waals surface area contributed by atoms with Crippen molar-refractivity contribution in [2.45, 2.75) is 39.7 Å². The number of carbonyl (C=O) groups excluding carboxylic acids is 1. The van der Waals surface area contributed by atoms with Crippen molar-refractivity contribution in [3.05, 3.63) is 0 Å². The molecule has 0 aromatic carbocycles. The number of hydrogen-bond donors (Lipinski definition) is 1. The monoisotopic (exact) mass is 242 g/mol. The molecule has 1 N–H and O–H groups in total. The molecule has 1 aliphatic carbocycles. The molecule has 1 atom stereocenters. The van der Waals surface area contributed by atoms with Gasteiger partial charge in [-0.1, -0.05) is 6.92 Å². The van der Waals surface area contributed by atoms with Crippen molar-refractivity contribution in [3.8, 4) is 0 Å². The van der Waals surface area contributed by atoms with Gasteiger partial charge in [0.25, 0.3) is 0 Å². The molecule has 0 heterocycles. The maximum absolute atomic E-state index is 12.2. The van der Waals surface area contributed by atoms with E-state index in [9.17, 15) is 9.59 Å².